The van der Waals surface area contributed by atoms with E-state index in [2.05, 4.69) is 4.72 Å². The molecule has 1 saturated heterocycles. The standard InChI is InChI=1S/C15H18ClNO6S/c1-9(2)13(15(19)23-12-7-8-22-14(12)18)17-24(20,21)11-5-3-10(16)4-6-11/h3-6,9,12-13,17H,7-8H2,1-2H3/t12-,13+/m1/s1. The molecule has 9 heteroatoms. The second-order valence-electron chi connectivity index (χ2n) is 5.68. The summed E-state index contributed by atoms with van der Waals surface area (Å²) in [7, 11) is -3.94. The molecule has 132 valence electrons. The Morgan fingerprint density at radius 1 is 1.33 bits per heavy atom. The maximum absolute atomic E-state index is 12.4. The first-order valence-electron chi connectivity index (χ1n) is 7.36. The molecule has 7 nitrogen and oxygen atoms in total. The number of nitrogens with one attached hydrogen (secondary N) is 1. The Morgan fingerprint density at radius 2 is 1.96 bits per heavy atom. The number of halogens is 1. The van der Waals surface area contributed by atoms with Crippen LogP contribution in [0.1, 0.15) is 20.3 Å². The third-order valence-electron chi connectivity index (χ3n) is 3.47. The molecule has 0 aromatic heterocycles. The summed E-state index contributed by atoms with van der Waals surface area (Å²) < 4.78 is 36.9. The van der Waals surface area contributed by atoms with Crippen molar-refractivity contribution in [3.8, 4) is 0 Å². The summed E-state index contributed by atoms with van der Waals surface area (Å²) in [6.07, 6.45) is -0.724. The average Bonchev–Trinajstić information content (AvgIpc) is 2.90. The maximum atomic E-state index is 12.4. The minimum atomic E-state index is -3.94. The number of cyclic esters (lactones) is 1. The lowest BCUT2D eigenvalue weighted by atomic mass is 10.1. The maximum Gasteiger partial charge on any atom is 0.347 e. The van der Waals surface area contributed by atoms with E-state index in [-0.39, 0.29) is 23.8 Å². The van der Waals surface area contributed by atoms with E-state index in [1.165, 1.54) is 24.3 Å². The van der Waals surface area contributed by atoms with Crippen LogP contribution >= 0.6 is 11.6 Å². The van der Waals surface area contributed by atoms with Crippen molar-refractivity contribution in [2.75, 3.05) is 6.61 Å². The van der Waals surface area contributed by atoms with Gasteiger partial charge in [0.2, 0.25) is 16.1 Å². The molecule has 0 radical (unpaired) electrons. The van der Waals surface area contributed by atoms with Gasteiger partial charge in [0, 0.05) is 11.4 Å². The number of benzene rings is 1. The van der Waals surface area contributed by atoms with E-state index in [4.69, 9.17) is 21.1 Å². The van der Waals surface area contributed by atoms with E-state index in [0.29, 0.717) is 5.02 Å². The first-order valence-corrected chi connectivity index (χ1v) is 9.22. The van der Waals surface area contributed by atoms with Crippen LogP contribution in [0.15, 0.2) is 29.2 Å². The summed E-state index contributed by atoms with van der Waals surface area (Å²) >= 11 is 5.74. The molecule has 2 atom stereocenters. The molecule has 1 aliphatic rings. The summed E-state index contributed by atoms with van der Waals surface area (Å²) in [4.78, 5) is 23.6. The van der Waals surface area contributed by atoms with Crippen molar-refractivity contribution in [3.05, 3.63) is 29.3 Å². The van der Waals surface area contributed by atoms with Crippen LogP contribution in [0.25, 0.3) is 0 Å². The summed E-state index contributed by atoms with van der Waals surface area (Å²) in [6.45, 7) is 3.52. The van der Waals surface area contributed by atoms with Crippen LogP contribution in [0.2, 0.25) is 5.02 Å². The highest BCUT2D eigenvalue weighted by atomic mass is 35.5. The van der Waals surface area contributed by atoms with E-state index in [0.717, 1.165) is 0 Å². The number of rotatable bonds is 6. The molecule has 0 unspecified atom stereocenters. The molecule has 0 amide bonds. The lowest BCUT2D eigenvalue weighted by Gasteiger charge is -2.22. The molecule has 24 heavy (non-hydrogen) atoms. The van der Waals surface area contributed by atoms with Gasteiger partial charge in [0.25, 0.3) is 0 Å². The molecule has 0 spiro atoms. The van der Waals surface area contributed by atoms with Crippen LogP contribution in [-0.4, -0.2) is 39.1 Å². The van der Waals surface area contributed by atoms with Gasteiger partial charge in [-0.05, 0) is 30.2 Å². The zero-order valence-electron chi connectivity index (χ0n) is 13.2. The molecule has 1 heterocycles. The second kappa shape index (κ2) is 7.50. The Balaban J connectivity index is 2.13. The highest BCUT2D eigenvalue weighted by molar-refractivity contribution is 7.89. The van der Waals surface area contributed by atoms with Crippen molar-refractivity contribution >= 4 is 33.6 Å². The lowest BCUT2D eigenvalue weighted by Crippen LogP contribution is -2.46. The smallest absolute Gasteiger partial charge is 0.347 e. The molecular formula is C15H18ClNO6S. The monoisotopic (exact) mass is 375 g/mol. The van der Waals surface area contributed by atoms with Crippen molar-refractivity contribution in [2.45, 2.75) is 37.3 Å². The molecular weight excluding hydrogens is 358 g/mol. The van der Waals surface area contributed by atoms with Crippen LogP contribution in [0.3, 0.4) is 0 Å². The van der Waals surface area contributed by atoms with Crippen molar-refractivity contribution < 1.29 is 27.5 Å². The van der Waals surface area contributed by atoms with Gasteiger partial charge >= 0.3 is 11.9 Å². The van der Waals surface area contributed by atoms with Crippen molar-refractivity contribution in [2.24, 2.45) is 5.92 Å². The van der Waals surface area contributed by atoms with Crippen molar-refractivity contribution in [1.82, 2.24) is 4.72 Å². The van der Waals surface area contributed by atoms with Crippen LogP contribution in [0, 0.1) is 5.92 Å². The fraction of sp³-hybridized carbons (Fsp3) is 0.467. The Labute approximate surface area is 145 Å². The van der Waals surface area contributed by atoms with Gasteiger partial charge in [-0.25, -0.2) is 13.2 Å². The topological polar surface area (TPSA) is 98.8 Å². The zero-order chi connectivity index (χ0) is 17.9. The zero-order valence-corrected chi connectivity index (χ0v) is 14.8. The van der Waals surface area contributed by atoms with Crippen LogP contribution in [0.5, 0.6) is 0 Å². The van der Waals surface area contributed by atoms with Gasteiger partial charge < -0.3 is 9.47 Å². The predicted octanol–water partition coefficient (Wildman–Crippen LogP) is 1.50. The van der Waals surface area contributed by atoms with E-state index >= 15 is 0 Å². The van der Waals surface area contributed by atoms with E-state index in [1.807, 2.05) is 0 Å². The molecule has 1 N–H and O–H groups in total. The number of ether oxygens (including phenoxy) is 2. The largest absolute Gasteiger partial charge is 0.463 e. The quantitative estimate of drug-likeness (QED) is 0.756. The Bertz CT molecular complexity index is 716. The Kier molecular flexibility index (Phi) is 5.84. The number of hydrogen-bond donors (Lipinski definition) is 1. The number of carbonyl (C=O) groups is 2. The first kappa shape index (κ1) is 18.7. The molecule has 2 rings (SSSR count). The van der Waals surface area contributed by atoms with Crippen molar-refractivity contribution in [1.29, 1.82) is 0 Å². The Morgan fingerprint density at radius 3 is 2.46 bits per heavy atom. The molecule has 1 aliphatic heterocycles. The highest BCUT2D eigenvalue weighted by Gasteiger charge is 2.35. The molecule has 1 aromatic carbocycles. The molecule has 0 aliphatic carbocycles. The minimum absolute atomic E-state index is 0.0226. The number of esters is 2. The van der Waals surface area contributed by atoms with Gasteiger partial charge in [-0.2, -0.15) is 4.72 Å². The lowest BCUT2D eigenvalue weighted by molar-refractivity contribution is -0.162. The van der Waals surface area contributed by atoms with Gasteiger partial charge in [0.15, 0.2) is 0 Å². The second-order valence-corrected chi connectivity index (χ2v) is 7.83. The SMILES string of the molecule is CC(C)[C@H](NS(=O)(=O)c1ccc(Cl)cc1)C(=O)O[C@@H]1CCOC1=O. The molecule has 0 bridgehead atoms. The Hall–Kier alpha value is -1.64. The third kappa shape index (κ3) is 4.46. The number of hydrogen-bond acceptors (Lipinski definition) is 6. The number of sulfonamides is 1. The van der Waals surface area contributed by atoms with Crippen LogP contribution in [0.4, 0.5) is 0 Å². The van der Waals surface area contributed by atoms with Crippen LogP contribution < -0.4 is 4.72 Å². The van der Waals surface area contributed by atoms with E-state index in [9.17, 15) is 18.0 Å². The van der Waals surface area contributed by atoms with Gasteiger partial charge in [-0.1, -0.05) is 25.4 Å². The van der Waals surface area contributed by atoms with Crippen LogP contribution in [-0.2, 0) is 29.1 Å². The number of carbonyl (C=O) groups excluding carboxylic acids is 2. The molecule has 0 saturated carbocycles. The third-order valence-corrected chi connectivity index (χ3v) is 5.18. The van der Waals surface area contributed by atoms with Gasteiger partial charge in [0.05, 0.1) is 11.5 Å². The summed E-state index contributed by atoms with van der Waals surface area (Å²) in [5.41, 5.74) is 0. The van der Waals surface area contributed by atoms with E-state index < -0.39 is 34.1 Å². The van der Waals surface area contributed by atoms with Gasteiger partial charge in [-0.3, -0.25) is 4.79 Å². The van der Waals surface area contributed by atoms with Gasteiger partial charge in [-0.15, -0.1) is 0 Å². The first-order chi connectivity index (χ1) is 11.2. The average molecular weight is 376 g/mol. The highest BCUT2D eigenvalue weighted by Crippen LogP contribution is 2.17. The fourth-order valence-corrected chi connectivity index (χ4v) is 3.56. The minimum Gasteiger partial charge on any atom is -0.463 e. The fourth-order valence-electron chi connectivity index (χ4n) is 2.10. The predicted molar refractivity (Wildman–Crippen MR) is 85.9 cm³/mol. The molecule has 1 aromatic rings. The summed E-state index contributed by atoms with van der Waals surface area (Å²) in [5, 5.41) is 0.397. The molecule has 1 fully saturated rings. The van der Waals surface area contributed by atoms with E-state index in [1.54, 1.807) is 13.8 Å². The summed E-state index contributed by atoms with van der Waals surface area (Å²) in [5.74, 6) is -1.81. The normalized spacial score (nSPS) is 19.2. The summed E-state index contributed by atoms with van der Waals surface area (Å²) in [6, 6.07) is 4.42. The van der Waals surface area contributed by atoms with Gasteiger partial charge in [0.1, 0.15) is 6.04 Å². The van der Waals surface area contributed by atoms with Crippen molar-refractivity contribution in [3.63, 3.8) is 0 Å².